The fraction of sp³-hybridized carbons (Fsp3) is 0.100. The first-order valence-electron chi connectivity index (χ1n) is 8.78. The molecule has 1 aromatic carbocycles. The highest BCUT2D eigenvalue weighted by molar-refractivity contribution is 6.00. The van der Waals surface area contributed by atoms with Crippen molar-refractivity contribution in [1.29, 1.82) is 0 Å². The lowest BCUT2D eigenvalue weighted by Crippen LogP contribution is -2.07. The van der Waals surface area contributed by atoms with E-state index in [2.05, 4.69) is 32.3 Å². The number of amides is 1. The zero-order chi connectivity index (χ0) is 20.5. The largest absolute Gasteiger partial charge is 0.323 e. The van der Waals surface area contributed by atoms with Gasteiger partial charge in [0.2, 0.25) is 11.9 Å². The smallest absolute Gasteiger partial charge is 0.247 e. The molecule has 0 radical (unpaired) electrons. The molecule has 0 saturated heterocycles. The summed E-state index contributed by atoms with van der Waals surface area (Å²) in [7, 11) is 1.79. The summed E-state index contributed by atoms with van der Waals surface area (Å²) in [5.41, 5.74) is 2.99. The molecule has 1 amide bonds. The first-order valence-corrected chi connectivity index (χ1v) is 8.78. The number of nitrogens with zero attached hydrogens (tertiary/aromatic N) is 5. The van der Waals surface area contributed by atoms with Crippen molar-refractivity contribution < 1.29 is 9.18 Å². The van der Waals surface area contributed by atoms with Crippen LogP contribution in [0.4, 0.5) is 21.7 Å². The molecule has 0 spiro atoms. The van der Waals surface area contributed by atoms with E-state index in [4.69, 9.17) is 0 Å². The SMILES string of the molecule is C=CC(=O)Nc1ccc2c(c1)c(C)cn2-c1nc(Nc2cnn(C)c2)ncc1F. The molecule has 4 rings (SSSR count). The lowest BCUT2D eigenvalue weighted by molar-refractivity contribution is -0.111. The van der Waals surface area contributed by atoms with Gasteiger partial charge in [-0.3, -0.25) is 14.0 Å². The van der Waals surface area contributed by atoms with Crippen molar-refractivity contribution in [3.8, 4) is 5.82 Å². The molecule has 3 aromatic heterocycles. The van der Waals surface area contributed by atoms with Gasteiger partial charge in [0, 0.05) is 30.5 Å². The summed E-state index contributed by atoms with van der Waals surface area (Å²) in [4.78, 5) is 19.9. The number of rotatable bonds is 5. The molecule has 0 aliphatic heterocycles. The molecule has 29 heavy (non-hydrogen) atoms. The molecule has 8 nitrogen and oxygen atoms in total. The summed E-state index contributed by atoms with van der Waals surface area (Å²) < 4.78 is 17.9. The molecule has 0 bridgehead atoms. The number of benzene rings is 1. The van der Waals surface area contributed by atoms with Crippen LogP contribution in [-0.4, -0.2) is 30.2 Å². The van der Waals surface area contributed by atoms with Gasteiger partial charge < -0.3 is 10.6 Å². The Kier molecular flexibility index (Phi) is 4.55. The monoisotopic (exact) mass is 391 g/mol. The van der Waals surface area contributed by atoms with Gasteiger partial charge in [-0.2, -0.15) is 10.1 Å². The van der Waals surface area contributed by atoms with Gasteiger partial charge in [-0.05, 0) is 36.8 Å². The van der Waals surface area contributed by atoms with Crippen LogP contribution >= 0.6 is 0 Å². The number of carbonyl (C=O) groups is 1. The molecule has 0 aliphatic carbocycles. The standard InChI is InChI=1S/C20H18FN7O/c1-4-18(29)24-13-5-6-17-15(7-13)12(2)10-28(17)19-16(21)9-22-20(26-19)25-14-8-23-27(3)11-14/h4-11H,1H2,2-3H3,(H,24,29)(H,22,25,26). The number of hydrogen-bond donors (Lipinski definition) is 2. The Hall–Kier alpha value is -4.01. The van der Waals surface area contributed by atoms with E-state index in [1.807, 2.05) is 13.0 Å². The second kappa shape index (κ2) is 7.19. The van der Waals surface area contributed by atoms with Crippen molar-refractivity contribution >= 4 is 34.1 Å². The van der Waals surface area contributed by atoms with Gasteiger partial charge in [-0.15, -0.1) is 0 Å². The van der Waals surface area contributed by atoms with E-state index in [-0.39, 0.29) is 17.7 Å². The number of aromatic nitrogens is 5. The third kappa shape index (κ3) is 3.57. The Morgan fingerprint density at radius 3 is 2.79 bits per heavy atom. The topological polar surface area (TPSA) is 89.7 Å². The summed E-state index contributed by atoms with van der Waals surface area (Å²) in [5, 5.41) is 10.7. The van der Waals surface area contributed by atoms with Crippen molar-refractivity contribution in [2.45, 2.75) is 6.92 Å². The molecule has 9 heteroatoms. The second-order valence-electron chi connectivity index (χ2n) is 6.50. The fourth-order valence-corrected chi connectivity index (χ4v) is 3.04. The van der Waals surface area contributed by atoms with E-state index in [1.165, 1.54) is 6.08 Å². The summed E-state index contributed by atoms with van der Waals surface area (Å²) in [5.74, 6) is -0.479. The van der Waals surface area contributed by atoms with Crippen LogP contribution < -0.4 is 10.6 Å². The van der Waals surface area contributed by atoms with Gasteiger partial charge in [-0.1, -0.05) is 6.58 Å². The third-order valence-corrected chi connectivity index (χ3v) is 4.37. The minimum Gasteiger partial charge on any atom is -0.323 e. The minimum absolute atomic E-state index is 0.118. The van der Waals surface area contributed by atoms with Crippen LogP contribution in [0.15, 0.2) is 55.6 Å². The molecule has 0 saturated carbocycles. The molecule has 0 aliphatic rings. The number of carbonyl (C=O) groups excluding carboxylic acids is 1. The highest BCUT2D eigenvalue weighted by atomic mass is 19.1. The van der Waals surface area contributed by atoms with Crippen molar-refractivity contribution in [1.82, 2.24) is 24.3 Å². The number of halogens is 1. The van der Waals surface area contributed by atoms with Crippen LogP contribution in [-0.2, 0) is 11.8 Å². The molecule has 0 unspecified atom stereocenters. The molecule has 2 N–H and O–H groups in total. The van der Waals surface area contributed by atoms with Gasteiger partial charge in [0.1, 0.15) is 0 Å². The first-order chi connectivity index (χ1) is 13.9. The van der Waals surface area contributed by atoms with Gasteiger partial charge in [0.05, 0.1) is 23.6 Å². The first kappa shape index (κ1) is 18.4. The summed E-state index contributed by atoms with van der Waals surface area (Å²) >= 11 is 0. The molecule has 0 fully saturated rings. The van der Waals surface area contributed by atoms with E-state index in [1.54, 1.807) is 47.0 Å². The molecule has 146 valence electrons. The highest BCUT2D eigenvalue weighted by Gasteiger charge is 2.15. The van der Waals surface area contributed by atoms with E-state index >= 15 is 0 Å². The molecular formula is C20H18FN7O. The molecular weight excluding hydrogens is 373 g/mol. The summed E-state index contributed by atoms with van der Waals surface area (Å²) in [6, 6.07) is 5.38. The maximum absolute atomic E-state index is 14.6. The van der Waals surface area contributed by atoms with Gasteiger partial charge in [0.15, 0.2) is 11.6 Å². The van der Waals surface area contributed by atoms with E-state index in [0.29, 0.717) is 11.4 Å². The van der Waals surface area contributed by atoms with Gasteiger partial charge in [0.25, 0.3) is 0 Å². The Morgan fingerprint density at radius 1 is 1.24 bits per heavy atom. The maximum Gasteiger partial charge on any atom is 0.247 e. The number of hydrogen-bond acceptors (Lipinski definition) is 5. The lowest BCUT2D eigenvalue weighted by Gasteiger charge is -2.09. The van der Waals surface area contributed by atoms with Crippen molar-refractivity contribution in [2.24, 2.45) is 7.05 Å². The number of aryl methyl sites for hydroxylation is 2. The molecule has 4 aromatic rings. The lowest BCUT2D eigenvalue weighted by atomic mass is 10.2. The predicted molar refractivity (Wildman–Crippen MR) is 109 cm³/mol. The molecule has 3 heterocycles. The minimum atomic E-state index is -0.553. The van der Waals surface area contributed by atoms with Crippen LogP contribution in [0.2, 0.25) is 0 Å². The number of nitrogens with one attached hydrogen (secondary N) is 2. The van der Waals surface area contributed by atoms with E-state index in [0.717, 1.165) is 22.7 Å². The van der Waals surface area contributed by atoms with Crippen LogP contribution in [0.25, 0.3) is 16.7 Å². The number of anilines is 3. The van der Waals surface area contributed by atoms with Crippen molar-refractivity contribution in [3.05, 3.63) is 67.0 Å². The van der Waals surface area contributed by atoms with Crippen LogP contribution in [0.5, 0.6) is 0 Å². The van der Waals surface area contributed by atoms with E-state index < -0.39 is 5.82 Å². The fourth-order valence-electron chi connectivity index (χ4n) is 3.04. The van der Waals surface area contributed by atoms with Gasteiger partial charge in [-0.25, -0.2) is 9.37 Å². The quantitative estimate of drug-likeness (QED) is 0.509. The average molecular weight is 391 g/mol. The second-order valence-corrected chi connectivity index (χ2v) is 6.50. The Morgan fingerprint density at radius 2 is 2.07 bits per heavy atom. The van der Waals surface area contributed by atoms with Crippen molar-refractivity contribution in [3.63, 3.8) is 0 Å². The van der Waals surface area contributed by atoms with Crippen LogP contribution in [0.1, 0.15) is 5.56 Å². The highest BCUT2D eigenvalue weighted by Crippen LogP contribution is 2.28. The maximum atomic E-state index is 14.6. The Balaban J connectivity index is 1.74. The summed E-state index contributed by atoms with van der Waals surface area (Å²) in [6.07, 6.45) is 7.51. The predicted octanol–water partition coefficient (Wildman–Crippen LogP) is 3.47. The average Bonchev–Trinajstić information content (AvgIpc) is 3.26. The van der Waals surface area contributed by atoms with Crippen molar-refractivity contribution in [2.75, 3.05) is 10.6 Å². The zero-order valence-electron chi connectivity index (χ0n) is 15.8. The molecule has 0 atom stereocenters. The Labute approximate surface area is 165 Å². The summed E-state index contributed by atoms with van der Waals surface area (Å²) in [6.45, 7) is 5.36. The van der Waals surface area contributed by atoms with Crippen LogP contribution in [0, 0.1) is 12.7 Å². The third-order valence-electron chi connectivity index (χ3n) is 4.37. The normalized spacial score (nSPS) is 10.9. The zero-order valence-corrected chi connectivity index (χ0v) is 15.8. The van der Waals surface area contributed by atoms with Gasteiger partial charge >= 0.3 is 0 Å². The Bertz CT molecular complexity index is 1240. The van der Waals surface area contributed by atoms with Crippen LogP contribution in [0.3, 0.4) is 0 Å². The number of fused-ring (bicyclic) bond motifs is 1. The van der Waals surface area contributed by atoms with E-state index in [9.17, 15) is 9.18 Å².